The van der Waals surface area contributed by atoms with Gasteiger partial charge in [0, 0.05) is 52.2 Å². The number of piperazine rings is 2. The van der Waals surface area contributed by atoms with Crippen molar-refractivity contribution >= 4 is 23.6 Å². The molecule has 8 heteroatoms. The Morgan fingerprint density at radius 2 is 1.33 bits per heavy atom. The molecule has 0 aromatic rings. The molecule has 3 aliphatic rings. The number of hydrogen-bond acceptors (Lipinski definition) is 4. The first-order chi connectivity index (χ1) is 13.0. The average Bonchev–Trinajstić information content (AvgIpc) is 3.18. The van der Waals surface area contributed by atoms with Crippen LogP contribution in [0.4, 0.5) is 0 Å². The Morgan fingerprint density at radius 3 is 1.93 bits per heavy atom. The lowest BCUT2D eigenvalue weighted by molar-refractivity contribution is -0.157. The van der Waals surface area contributed by atoms with Crippen molar-refractivity contribution in [3.05, 3.63) is 0 Å². The van der Waals surface area contributed by atoms with Crippen molar-refractivity contribution in [1.82, 2.24) is 19.6 Å². The Morgan fingerprint density at radius 1 is 0.815 bits per heavy atom. The first-order valence-corrected chi connectivity index (χ1v) is 10.1. The highest BCUT2D eigenvalue weighted by Crippen LogP contribution is 2.28. The lowest BCUT2D eigenvalue weighted by Crippen LogP contribution is -2.58. The predicted molar refractivity (Wildman–Crippen MR) is 98.6 cm³/mol. The van der Waals surface area contributed by atoms with Crippen molar-refractivity contribution in [2.75, 3.05) is 52.4 Å². The number of amides is 4. The maximum absolute atomic E-state index is 12.5. The molecule has 1 aliphatic carbocycles. The van der Waals surface area contributed by atoms with Crippen LogP contribution in [0.5, 0.6) is 0 Å². The second kappa shape index (κ2) is 8.71. The third-order valence-corrected chi connectivity index (χ3v) is 6.03. The molecule has 4 amide bonds. The Bertz CT molecular complexity index is 595. The monoisotopic (exact) mass is 378 g/mol. The summed E-state index contributed by atoms with van der Waals surface area (Å²) in [6, 6.07) is 0. The number of carbonyl (C=O) groups excluding carboxylic acids is 4. The molecule has 1 saturated carbocycles. The molecule has 0 unspecified atom stereocenters. The van der Waals surface area contributed by atoms with E-state index in [1.165, 1.54) is 22.6 Å². The summed E-state index contributed by atoms with van der Waals surface area (Å²) in [5.41, 5.74) is 0. The zero-order chi connectivity index (χ0) is 19.4. The lowest BCUT2D eigenvalue weighted by Gasteiger charge is -2.37. The van der Waals surface area contributed by atoms with Gasteiger partial charge >= 0.3 is 11.8 Å². The van der Waals surface area contributed by atoms with Crippen molar-refractivity contribution in [1.29, 1.82) is 0 Å². The standard InChI is InChI=1S/C19H30N4O4/c1-2-20-7-12-23(19(27)18(20)26)14-17(25)22-10-8-21(9-11-22)16(24)13-15-5-3-4-6-15/h15H,2-14H2,1H3. The van der Waals surface area contributed by atoms with Crippen molar-refractivity contribution < 1.29 is 19.2 Å². The summed E-state index contributed by atoms with van der Waals surface area (Å²) in [6.07, 6.45) is 5.40. The molecule has 3 fully saturated rings. The molecule has 2 aliphatic heterocycles. The van der Waals surface area contributed by atoms with Crippen LogP contribution < -0.4 is 0 Å². The Kier molecular flexibility index (Phi) is 6.34. The number of nitrogens with zero attached hydrogens (tertiary/aromatic N) is 4. The predicted octanol–water partition coefficient (Wildman–Crippen LogP) is -0.0718. The van der Waals surface area contributed by atoms with E-state index in [1.54, 1.807) is 4.90 Å². The summed E-state index contributed by atoms with van der Waals surface area (Å²) in [6.45, 7) is 5.22. The summed E-state index contributed by atoms with van der Waals surface area (Å²) in [4.78, 5) is 55.4. The number of hydrogen-bond donors (Lipinski definition) is 0. The highest BCUT2D eigenvalue weighted by atomic mass is 16.2. The molecule has 0 N–H and O–H groups in total. The van der Waals surface area contributed by atoms with E-state index >= 15 is 0 Å². The highest BCUT2D eigenvalue weighted by Gasteiger charge is 2.34. The molecule has 0 radical (unpaired) electrons. The van der Waals surface area contributed by atoms with E-state index in [-0.39, 0.29) is 18.4 Å². The molecule has 3 rings (SSSR count). The van der Waals surface area contributed by atoms with E-state index in [0.717, 1.165) is 12.8 Å². The first kappa shape index (κ1) is 19.6. The van der Waals surface area contributed by atoms with E-state index in [2.05, 4.69) is 0 Å². The fourth-order valence-electron chi connectivity index (χ4n) is 4.23. The van der Waals surface area contributed by atoms with Crippen LogP contribution in [0.1, 0.15) is 39.0 Å². The fourth-order valence-corrected chi connectivity index (χ4v) is 4.23. The second-order valence-corrected chi connectivity index (χ2v) is 7.73. The van der Waals surface area contributed by atoms with E-state index < -0.39 is 11.8 Å². The van der Waals surface area contributed by atoms with E-state index in [4.69, 9.17) is 0 Å². The topological polar surface area (TPSA) is 81.2 Å². The van der Waals surface area contributed by atoms with Crippen molar-refractivity contribution in [3.63, 3.8) is 0 Å². The molecule has 0 spiro atoms. The van der Waals surface area contributed by atoms with E-state index in [1.807, 2.05) is 11.8 Å². The van der Waals surface area contributed by atoms with E-state index in [9.17, 15) is 19.2 Å². The molecular formula is C19H30N4O4. The van der Waals surface area contributed by atoms with Crippen LogP contribution >= 0.6 is 0 Å². The molecular weight excluding hydrogens is 348 g/mol. The third-order valence-electron chi connectivity index (χ3n) is 6.03. The van der Waals surface area contributed by atoms with Crippen LogP contribution in [-0.4, -0.2) is 95.6 Å². The first-order valence-electron chi connectivity index (χ1n) is 10.1. The maximum atomic E-state index is 12.5. The largest absolute Gasteiger partial charge is 0.339 e. The number of rotatable bonds is 5. The van der Waals surface area contributed by atoms with Crippen LogP contribution in [0.3, 0.4) is 0 Å². The average molecular weight is 378 g/mol. The summed E-state index contributed by atoms with van der Waals surface area (Å²) in [5, 5.41) is 0. The zero-order valence-corrected chi connectivity index (χ0v) is 16.2. The lowest BCUT2D eigenvalue weighted by atomic mass is 10.0. The quantitative estimate of drug-likeness (QED) is 0.627. The van der Waals surface area contributed by atoms with Crippen LogP contribution in [0.2, 0.25) is 0 Å². The van der Waals surface area contributed by atoms with Gasteiger partial charge < -0.3 is 19.6 Å². The fraction of sp³-hybridized carbons (Fsp3) is 0.789. The molecule has 8 nitrogen and oxygen atoms in total. The molecule has 0 atom stereocenters. The molecule has 150 valence electrons. The Labute approximate surface area is 160 Å². The van der Waals surface area contributed by atoms with Gasteiger partial charge in [-0.15, -0.1) is 0 Å². The Balaban J connectivity index is 1.44. The minimum Gasteiger partial charge on any atom is -0.339 e. The molecule has 0 aromatic carbocycles. The number of likely N-dealkylation sites (N-methyl/N-ethyl adjacent to an activating group) is 1. The maximum Gasteiger partial charge on any atom is 0.312 e. The van der Waals surface area contributed by atoms with E-state index in [0.29, 0.717) is 58.2 Å². The van der Waals surface area contributed by atoms with Gasteiger partial charge in [-0.2, -0.15) is 0 Å². The summed E-state index contributed by atoms with van der Waals surface area (Å²) in [7, 11) is 0. The van der Waals surface area contributed by atoms with Gasteiger partial charge in [-0.05, 0) is 25.7 Å². The summed E-state index contributed by atoms with van der Waals surface area (Å²) >= 11 is 0. The number of carbonyl (C=O) groups is 4. The van der Waals surface area contributed by atoms with Crippen molar-refractivity contribution in [2.45, 2.75) is 39.0 Å². The molecule has 0 aromatic heterocycles. The highest BCUT2D eigenvalue weighted by molar-refractivity contribution is 6.35. The normalized spacial score (nSPS) is 22.0. The summed E-state index contributed by atoms with van der Waals surface area (Å²) < 4.78 is 0. The smallest absolute Gasteiger partial charge is 0.312 e. The minimum atomic E-state index is -0.596. The van der Waals surface area contributed by atoms with Gasteiger partial charge in [0.15, 0.2) is 0 Å². The minimum absolute atomic E-state index is 0.0574. The van der Waals surface area contributed by atoms with Gasteiger partial charge in [0.05, 0.1) is 0 Å². The molecule has 2 heterocycles. The van der Waals surface area contributed by atoms with Gasteiger partial charge in [-0.3, -0.25) is 19.2 Å². The van der Waals surface area contributed by atoms with Crippen LogP contribution in [0, 0.1) is 5.92 Å². The van der Waals surface area contributed by atoms with Gasteiger partial charge in [0.2, 0.25) is 11.8 Å². The van der Waals surface area contributed by atoms with Crippen molar-refractivity contribution in [3.8, 4) is 0 Å². The second-order valence-electron chi connectivity index (χ2n) is 7.73. The molecule has 0 bridgehead atoms. The summed E-state index contributed by atoms with van der Waals surface area (Å²) in [5.74, 6) is -0.544. The van der Waals surface area contributed by atoms with Gasteiger partial charge in [0.25, 0.3) is 0 Å². The molecule has 2 saturated heterocycles. The van der Waals surface area contributed by atoms with Crippen LogP contribution in [0.15, 0.2) is 0 Å². The molecule has 27 heavy (non-hydrogen) atoms. The van der Waals surface area contributed by atoms with Crippen LogP contribution in [0.25, 0.3) is 0 Å². The van der Waals surface area contributed by atoms with Gasteiger partial charge in [-0.25, -0.2) is 0 Å². The van der Waals surface area contributed by atoms with Gasteiger partial charge in [0.1, 0.15) is 6.54 Å². The van der Waals surface area contributed by atoms with Gasteiger partial charge in [-0.1, -0.05) is 12.8 Å². The van der Waals surface area contributed by atoms with Crippen LogP contribution in [-0.2, 0) is 19.2 Å². The Hall–Kier alpha value is -2.12. The SMILES string of the molecule is CCN1CCN(CC(=O)N2CCN(C(=O)CC3CCCC3)CC2)C(=O)C1=O. The third kappa shape index (κ3) is 4.59. The van der Waals surface area contributed by atoms with Crippen molar-refractivity contribution in [2.24, 2.45) is 5.92 Å². The zero-order valence-electron chi connectivity index (χ0n) is 16.2.